The Morgan fingerprint density at radius 3 is 2.41 bits per heavy atom. The van der Waals surface area contributed by atoms with Crippen LogP contribution in [0.25, 0.3) is 0 Å². The third-order valence-corrected chi connectivity index (χ3v) is 8.76. The second kappa shape index (κ2) is 6.30. The van der Waals surface area contributed by atoms with E-state index in [4.69, 9.17) is 0 Å². The van der Waals surface area contributed by atoms with Crippen molar-refractivity contribution in [1.82, 2.24) is 4.90 Å². The molecule has 1 aromatic carbocycles. The highest BCUT2D eigenvalue weighted by molar-refractivity contribution is 7.94. The van der Waals surface area contributed by atoms with Crippen LogP contribution in [0.3, 0.4) is 0 Å². The van der Waals surface area contributed by atoms with Crippen molar-refractivity contribution in [1.29, 1.82) is 0 Å². The number of hydrogen-bond donors (Lipinski definition) is 0. The molecule has 0 aromatic heterocycles. The minimum absolute atomic E-state index is 0.0466. The summed E-state index contributed by atoms with van der Waals surface area (Å²) in [5.41, 5.74) is -0.718. The first-order valence-corrected chi connectivity index (χ1v) is 11.9. The van der Waals surface area contributed by atoms with Gasteiger partial charge in [-0.15, -0.1) is 0 Å². The first kappa shape index (κ1) is 19.8. The summed E-state index contributed by atoms with van der Waals surface area (Å²) in [6.45, 7) is 3.13. The lowest BCUT2D eigenvalue weighted by Gasteiger charge is -2.24. The molecule has 10 heteroatoms. The van der Waals surface area contributed by atoms with Gasteiger partial charge in [0.15, 0.2) is 9.84 Å². The van der Waals surface area contributed by atoms with Crippen LogP contribution in [0, 0.1) is 5.41 Å². The summed E-state index contributed by atoms with van der Waals surface area (Å²) in [7, 11) is -5.42. The van der Waals surface area contributed by atoms with Gasteiger partial charge >= 0.3 is 0 Å². The lowest BCUT2D eigenvalue weighted by molar-refractivity contribution is -0.123. The molecule has 0 radical (unpaired) electrons. The second-order valence-corrected chi connectivity index (χ2v) is 11.8. The fraction of sp³-hybridized carbons (Fsp3) is 0.529. The molecule has 2 saturated heterocycles. The number of amides is 2. The van der Waals surface area contributed by atoms with Gasteiger partial charge in [0.2, 0.25) is 15.9 Å². The van der Waals surface area contributed by atoms with Gasteiger partial charge in [-0.2, -0.15) is 0 Å². The molecule has 0 aliphatic carbocycles. The van der Waals surface area contributed by atoms with Crippen LogP contribution in [-0.2, 0) is 24.7 Å². The van der Waals surface area contributed by atoms with E-state index in [9.17, 15) is 26.4 Å². The Morgan fingerprint density at radius 2 is 1.89 bits per heavy atom. The molecule has 0 spiro atoms. The molecular weight excluding hydrogens is 392 g/mol. The van der Waals surface area contributed by atoms with Crippen molar-refractivity contribution in [3.63, 3.8) is 0 Å². The Bertz CT molecular complexity index is 1010. The van der Waals surface area contributed by atoms with Crippen LogP contribution in [0.1, 0.15) is 30.6 Å². The van der Waals surface area contributed by atoms with Crippen LogP contribution in [0.15, 0.2) is 24.3 Å². The van der Waals surface area contributed by atoms with Gasteiger partial charge < -0.3 is 4.90 Å². The number of carbonyl (C=O) groups is 2. The van der Waals surface area contributed by atoms with Gasteiger partial charge in [0.25, 0.3) is 5.91 Å². The van der Waals surface area contributed by atoms with Gasteiger partial charge in [-0.1, -0.05) is 6.07 Å². The van der Waals surface area contributed by atoms with E-state index in [2.05, 4.69) is 0 Å². The van der Waals surface area contributed by atoms with Crippen molar-refractivity contribution in [2.45, 2.75) is 26.3 Å². The van der Waals surface area contributed by atoms with Gasteiger partial charge in [0.1, 0.15) is 0 Å². The molecule has 0 N–H and O–H groups in total. The number of carbonyl (C=O) groups excluding carboxylic acids is 2. The van der Waals surface area contributed by atoms with Crippen LogP contribution in [0.5, 0.6) is 0 Å². The highest BCUT2D eigenvalue weighted by Crippen LogP contribution is 2.36. The first-order valence-electron chi connectivity index (χ1n) is 8.49. The van der Waals surface area contributed by atoms with Crippen molar-refractivity contribution in [2.75, 3.05) is 28.6 Å². The number of rotatable bonds is 3. The molecule has 1 atom stereocenters. The van der Waals surface area contributed by atoms with Crippen LogP contribution in [0.4, 0.5) is 5.69 Å². The highest BCUT2D eigenvalue weighted by Gasteiger charge is 2.50. The van der Waals surface area contributed by atoms with Gasteiger partial charge in [0, 0.05) is 18.7 Å². The van der Waals surface area contributed by atoms with E-state index in [1.807, 2.05) is 0 Å². The first-order chi connectivity index (χ1) is 12.3. The molecule has 2 aliphatic heterocycles. The second-order valence-electron chi connectivity index (χ2n) is 7.73. The van der Waals surface area contributed by atoms with Crippen molar-refractivity contribution < 1.29 is 26.4 Å². The van der Waals surface area contributed by atoms with E-state index in [-0.39, 0.29) is 28.5 Å². The molecule has 3 rings (SSSR count). The topological polar surface area (TPSA) is 109 Å². The van der Waals surface area contributed by atoms with Crippen molar-refractivity contribution >= 4 is 37.4 Å². The predicted molar refractivity (Wildman–Crippen MR) is 101 cm³/mol. The third kappa shape index (κ3) is 3.60. The smallest absolute Gasteiger partial charge is 0.253 e. The molecule has 2 amide bonds. The number of hydrogen-bond acceptors (Lipinski definition) is 6. The van der Waals surface area contributed by atoms with Crippen molar-refractivity contribution in [2.24, 2.45) is 5.41 Å². The standard InChI is InChI=1S/C17H22N2O6S2/c1-17(2)11-27(24,25)19(16(17)21)13-6-4-5-12(9-13)15(20)18(3)14-7-8-26(22,23)10-14/h4-6,9,14H,7-8,10-11H2,1-3H3/t14-/m0/s1. The summed E-state index contributed by atoms with van der Waals surface area (Å²) in [5.74, 6) is -1.28. The van der Waals surface area contributed by atoms with Crippen molar-refractivity contribution in [3.8, 4) is 0 Å². The molecule has 148 valence electrons. The van der Waals surface area contributed by atoms with E-state index in [1.54, 1.807) is 13.8 Å². The van der Waals surface area contributed by atoms with Gasteiger partial charge in [-0.3, -0.25) is 9.59 Å². The zero-order valence-electron chi connectivity index (χ0n) is 15.4. The van der Waals surface area contributed by atoms with E-state index >= 15 is 0 Å². The van der Waals surface area contributed by atoms with Crippen LogP contribution in [0.2, 0.25) is 0 Å². The fourth-order valence-electron chi connectivity index (χ4n) is 3.48. The number of benzene rings is 1. The van der Waals surface area contributed by atoms with Gasteiger partial charge in [-0.25, -0.2) is 21.1 Å². The minimum atomic E-state index is -3.81. The number of sulfonamides is 1. The molecule has 0 bridgehead atoms. The summed E-state index contributed by atoms with van der Waals surface area (Å²) < 4.78 is 48.9. The normalized spacial score (nSPS) is 25.5. The van der Waals surface area contributed by atoms with E-state index in [0.29, 0.717) is 6.42 Å². The van der Waals surface area contributed by atoms with E-state index in [1.165, 1.54) is 36.2 Å². The van der Waals surface area contributed by atoms with Crippen LogP contribution < -0.4 is 4.31 Å². The lowest BCUT2D eigenvalue weighted by atomic mass is 9.95. The molecule has 2 aliphatic rings. The van der Waals surface area contributed by atoms with Crippen molar-refractivity contribution in [3.05, 3.63) is 29.8 Å². The molecule has 2 fully saturated rings. The molecule has 27 heavy (non-hydrogen) atoms. The summed E-state index contributed by atoms with van der Waals surface area (Å²) in [4.78, 5) is 26.7. The van der Waals surface area contributed by atoms with Crippen LogP contribution in [-0.4, -0.2) is 63.9 Å². The monoisotopic (exact) mass is 414 g/mol. The maximum Gasteiger partial charge on any atom is 0.253 e. The SMILES string of the molecule is CN(C(=O)c1cccc(N2C(=O)C(C)(C)CS2(=O)=O)c1)[C@H]1CCS(=O)(=O)C1. The van der Waals surface area contributed by atoms with Gasteiger partial charge in [-0.05, 0) is 38.5 Å². The van der Waals surface area contributed by atoms with Crippen LogP contribution >= 0.6 is 0 Å². The minimum Gasteiger partial charge on any atom is -0.338 e. The maximum absolute atomic E-state index is 12.8. The molecule has 2 heterocycles. The molecule has 0 unspecified atom stereocenters. The largest absolute Gasteiger partial charge is 0.338 e. The predicted octanol–water partition coefficient (Wildman–Crippen LogP) is 0.648. The summed E-state index contributed by atoms with van der Waals surface area (Å²) in [5, 5.41) is 0. The molecule has 8 nitrogen and oxygen atoms in total. The molecule has 0 saturated carbocycles. The Morgan fingerprint density at radius 1 is 1.22 bits per heavy atom. The number of anilines is 1. The van der Waals surface area contributed by atoms with E-state index in [0.717, 1.165) is 4.31 Å². The van der Waals surface area contributed by atoms with Gasteiger partial charge in [0.05, 0.1) is 28.4 Å². The summed E-state index contributed by atoms with van der Waals surface area (Å²) in [6, 6.07) is 5.44. The Balaban J connectivity index is 1.90. The zero-order chi connectivity index (χ0) is 20.2. The summed E-state index contributed by atoms with van der Waals surface area (Å²) >= 11 is 0. The quantitative estimate of drug-likeness (QED) is 0.718. The third-order valence-electron chi connectivity index (χ3n) is 4.99. The lowest BCUT2D eigenvalue weighted by Crippen LogP contribution is -2.38. The number of sulfone groups is 1. The summed E-state index contributed by atoms with van der Waals surface area (Å²) in [6.07, 6.45) is 0.372. The zero-order valence-corrected chi connectivity index (χ0v) is 17.0. The number of nitrogens with zero attached hydrogens (tertiary/aromatic N) is 2. The fourth-order valence-corrected chi connectivity index (χ4v) is 7.35. The molecule has 1 aromatic rings. The maximum atomic E-state index is 12.8. The highest BCUT2D eigenvalue weighted by atomic mass is 32.2. The van der Waals surface area contributed by atoms with E-state index < -0.39 is 43.1 Å². The Labute approximate surface area is 159 Å². The average Bonchev–Trinajstić information content (AvgIpc) is 2.99. The average molecular weight is 415 g/mol. The Hall–Kier alpha value is -1.94. The molecular formula is C17H22N2O6S2. The Kier molecular flexibility index (Phi) is 4.62.